The number of ether oxygens (including phenoxy) is 2. The molecule has 1 aliphatic rings. The minimum Gasteiger partial charge on any atom is -0.504 e. The van der Waals surface area contributed by atoms with Crippen molar-refractivity contribution in [2.24, 2.45) is 0 Å². The molecule has 8 heteroatoms. The predicted octanol–water partition coefficient (Wildman–Crippen LogP) is -1.07. The van der Waals surface area contributed by atoms with E-state index in [1.165, 1.54) is 12.1 Å². The third-order valence-electron chi connectivity index (χ3n) is 3.51. The van der Waals surface area contributed by atoms with Gasteiger partial charge in [0.2, 0.25) is 0 Å². The average Bonchev–Trinajstić information content (AvgIpc) is 2.54. The van der Waals surface area contributed by atoms with E-state index in [0.29, 0.717) is 5.56 Å². The number of aliphatic hydroxyl groups is 4. The van der Waals surface area contributed by atoms with Gasteiger partial charge < -0.3 is 40.1 Å². The number of phenolic OH excluding ortho intramolecular Hbond substituents is 2. The third kappa shape index (κ3) is 4.20. The van der Waals surface area contributed by atoms with Gasteiger partial charge in [0.1, 0.15) is 24.4 Å². The highest BCUT2D eigenvalue weighted by atomic mass is 16.7. The second kappa shape index (κ2) is 7.73. The van der Waals surface area contributed by atoms with Crippen LogP contribution in [0.3, 0.4) is 0 Å². The molecule has 6 N–H and O–H groups in total. The average molecular weight is 328 g/mol. The summed E-state index contributed by atoms with van der Waals surface area (Å²) in [7, 11) is 0. The Morgan fingerprint density at radius 2 is 1.78 bits per heavy atom. The van der Waals surface area contributed by atoms with Crippen molar-refractivity contribution in [3.05, 3.63) is 29.8 Å². The molecule has 128 valence electrons. The zero-order chi connectivity index (χ0) is 17.0. The predicted molar refractivity (Wildman–Crippen MR) is 78.5 cm³/mol. The van der Waals surface area contributed by atoms with Crippen LogP contribution in [0, 0.1) is 0 Å². The molecule has 1 aromatic carbocycles. The Morgan fingerprint density at radius 3 is 2.43 bits per heavy atom. The molecule has 1 fully saturated rings. The van der Waals surface area contributed by atoms with Crippen LogP contribution < -0.4 is 0 Å². The van der Waals surface area contributed by atoms with Crippen molar-refractivity contribution in [3.8, 4) is 11.5 Å². The Hall–Kier alpha value is -1.68. The zero-order valence-electron chi connectivity index (χ0n) is 12.2. The largest absolute Gasteiger partial charge is 0.504 e. The van der Waals surface area contributed by atoms with Crippen LogP contribution in [0.5, 0.6) is 11.5 Å². The minimum atomic E-state index is -1.48. The highest BCUT2D eigenvalue weighted by Gasteiger charge is 2.43. The van der Waals surface area contributed by atoms with E-state index in [-0.39, 0.29) is 18.1 Å². The number of hydrogen-bond donors (Lipinski definition) is 6. The fourth-order valence-electron chi connectivity index (χ4n) is 2.18. The van der Waals surface area contributed by atoms with Gasteiger partial charge in [0.15, 0.2) is 17.8 Å². The van der Waals surface area contributed by atoms with E-state index in [0.717, 1.165) is 0 Å². The van der Waals surface area contributed by atoms with Crippen LogP contribution in [0.1, 0.15) is 5.56 Å². The summed E-state index contributed by atoms with van der Waals surface area (Å²) in [6, 6.07) is 4.28. The number of aliphatic hydroxyl groups excluding tert-OH is 4. The van der Waals surface area contributed by atoms with Crippen molar-refractivity contribution in [1.29, 1.82) is 0 Å². The second-order valence-corrected chi connectivity index (χ2v) is 5.18. The summed E-state index contributed by atoms with van der Waals surface area (Å²) in [6.07, 6.45) is -3.37. The minimum absolute atomic E-state index is 0.0182. The lowest BCUT2D eigenvalue weighted by Crippen LogP contribution is -2.59. The maximum absolute atomic E-state index is 9.78. The molecular formula is C15H20O8. The van der Waals surface area contributed by atoms with Gasteiger partial charge in [-0.05, 0) is 17.7 Å². The highest BCUT2D eigenvalue weighted by Crippen LogP contribution is 2.25. The molecule has 23 heavy (non-hydrogen) atoms. The van der Waals surface area contributed by atoms with Crippen molar-refractivity contribution in [1.82, 2.24) is 0 Å². The van der Waals surface area contributed by atoms with Crippen molar-refractivity contribution < 1.29 is 40.1 Å². The first-order chi connectivity index (χ1) is 10.9. The molecule has 0 aliphatic carbocycles. The van der Waals surface area contributed by atoms with E-state index in [1.54, 1.807) is 18.2 Å². The first kappa shape index (κ1) is 17.7. The Balaban J connectivity index is 1.89. The summed E-state index contributed by atoms with van der Waals surface area (Å²) in [5.74, 6) is -0.471. The molecule has 1 saturated heterocycles. The Morgan fingerprint density at radius 1 is 1.04 bits per heavy atom. The van der Waals surface area contributed by atoms with Crippen LogP contribution in [0.15, 0.2) is 24.3 Å². The van der Waals surface area contributed by atoms with Gasteiger partial charge in [0.05, 0.1) is 13.2 Å². The smallest absolute Gasteiger partial charge is 0.187 e. The monoisotopic (exact) mass is 328 g/mol. The topological polar surface area (TPSA) is 140 Å². The van der Waals surface area contributed by atoms with Gasteiger partial charge in [-0.1, -0.05) is 18.2 Å². The molecule has 0 spiro atoms. The summed E-state index contributed by atoms with van der Waals surface area (Å²) in [6.45, 7) is -0.502. The van der Waals surface area contributed by atoms with E-state index < -0.39 is 37.3 Å². The van der Waals surface area contributed by atoms with Crippen LogP contribution in [-0.4, -0.2) is 74.6 Å². The molecule has 0 bridgehead atoms. The number of hydrogen-bond acceptors (Lipinski definition) is 8. The first-order valence-electron chi connectivity index (χ1n) is 7.04. The molecule has 8 nitrogen and oxygen atoms in total. The second-order valence-electron chi connectivity index (χ2n) is 5.18. The molecule has 0 radical (unpaired) electrons. The summed E-state index contributed by atoms with van der Waals surface area (Å²) >= 11 is 0. The van der Waals surface area contributed by atoms with Gasteiger partial charge in [-0.15, -0.1) is 0 Å². The standard InChI is InChI=1S/C15H20O8/c16-7-11-12(19)13(20)14(21)15(23-11)22-5-1-2-8-3-4-9(17)10(18)6-8/h1-4,6,11-21H,5,7H2/t11-,12-,13+,14-,15?/m1/s1. The molecule has 0 aromatic heterocycles. The van der Waals surface area contributed by atoms with Crippen molar-refractivity contribution in [2.75, 3.05) is 13.2 Å². The van der Waals surface area contributed by atoms with Crippen molar-refractivity contribution in [3.63, 3.8) is 0 Å². The number of rotatable bonds is 5. The highest BCUT2D eigenvalue weighted by molar-refractivity contribution is 5.55. The van der Waals surface area contributed by atoms with Gasteiger partial charge >= 0.3 is 0 Å². The van der Waals surface area contributed by atoms with E-state index in [9.17, 15) is 25.5 Å². The Labute approximate surface area is 132 Å². The fraction of sp³-hybridized carbons (Fsp3) is 0.467. The molecule has 2 rings (SSSR count). The normalized spacial score (nSPS) is 31.6. The van der Waals surface area contributed by atoms with Crippen LogP contribution in [0.2, 0.25) is 0 Å². The van der Waals surface area contributed by atoms with Crippen molar-refractivity contribution >= 4 is 6.08 Å². The Bertz CT molecular complexity index is 544. The van der Waals surface area contributed by atoms with Gasteiger partial charge in [-0.2, -0.15) is 0 Å². The van der Waals surface area contributed by atoms with Crippen LogP contribution in [-0.2, 0) is 9.47 Å². The molecule has 1 aliphatic heterocycles. The van der Waals surface area contributed by atoms with Crippen LogP contribution >= 0.6 is 0 Å². The molecule has 1 unspecified atom stereocenters. The molecule has 5 atom stereocenters. The van der Waals surface area contributed by atoms with Crippen molar-refractivity contribution in [2.45, 2.75) is 30.7 Å². The Kier molecular flexibility index (Phi) is 5.94. The quantitative estimate of drug-likeness (QED) is 0.375. The van der Waals surface area contributed by atoms with E-state index in [1.807, 2.05) is 0 Å². The van der Waals surface area contributed by atoms with Gasteiger partial charge in [0, 0.05) is 0 Å². The van der Waals surface area contributed by atoms with E-state index >= 15 is 0 Å². The number of phenols is 2. The summed E-state index contributed by atoms with van der Waals surface area (Å²) in [4.78, 5) is 0. The lowest BCUT2D eigenvalue weighted by atomic mass is 9.99. The lowest BCUT2D eigenvalue weighted by Gasteiger charge is -2.39. The molecule has 0 saturated carbocycles. The summed E-state index contributed by atoms with van der Waals surface area (Å²) in [5, 5.41) is 56.7. The van der Waals surface area contributed by atoms with Crippen LogP contribution in [0.25, 0.3) is 6.08 Å². The summed E-state index contributed by atoms with van der Waals surface area (Å²) in [5.41, 5.74) is 0.623. The lowest BCUT2D eigenvalue weighted by molar-refractivity contribution is -0.298. The summed E-state index contributed by atoms with van der Waals surface area (Å²) < 4.78 is 10.4. The molecule has 0 amide bonds. The van der Waals surface area contributed by atoms with Gasteiger partial charge in [0.25, 0.3) is 0 Å². The van der Waals surface area contributed by atoms with E-state index in [4.69, 9.17) is 14.6 Å². The van der Waals surface area contributed by atoms with Gasteiger partial charge in [-0.3, -0.25) is 0 Å². The SMILES string of the molecule is OC[C@H]1OC(OCC=Cc2ccc(O)c(O)c2)[C@H](O)[C@@H](O)[C@@H]1O. The number of benzene rings is 1. The maximum Gasteiger partial charge on any atom is 0.187 e. The van der Waals surface area contributed by atoms with Crippen LogP contribution in [0.4, 0.5) is 0 Å². The third-order valence-corrected chi connectivity index (χ3v) is 3.51. The van der Waals surface area contributed by atoms with Gasteiger partial charge in [-0.25, -0.2) is 0 Å². The zero-order valence-corrected chi connectivity index (χ0v) is 12.2. The molecular weight excluding hydrogens is 308 g/mol. The van der Waals surface area contributed by atoms with E-state index in [2.05, 4.69) is 0 Å². The molecule has 1 heterocycles. The molecule has 1 aromatic rings. The fourth-order valence-corrected chi connectivity index (χ4v) is 2.18. The number of aromatic hydroxyl groups is 2. The maximum atomic E-state index is 9.78. The first-order valence-corrected chi connectivity index (χ1v) is 7.04.